The third-order valence-corrected chi connectivity index (χ3v) is 14.0. The van der Waals surface area contributed by atoms with E-state index in [4.69, 9.17) is 4.98 Å². The number of benzene rings is 10. The first-order chi connectivity index (χ1) is 34.2. The number of para-hydroxylation sites is 4. The lowest BCUT2D eigenvalue weighted by Gasteiger charge is -2.12. The first kappa shape index (κ1) is 39.0. The van der Waals surface area contributed by atoms with E-state index < -0.39 is 0 Å². The lowest BCUT2D eigenvalue weighted by molar-refractivity contribution is 1.17. The highest BCUT2D eigenvalue weighted by Gasteiger charge is 2.19. The predicted molar refractivity (Wildman–Crippen MR) is 289 cm³/mol. The molecule has 0 fully saturated rings. The second kappa shape index (κ2) is 15.7. The Morgan fingerprint density at radius 1 is 0.203 bits per heavy atom. The van der Waals surface area contributed by atoms with Gasteiger partial charge in [0.15, 0.2) is 0 Å². The van der Waals surface area contributed by atoms with Crippen LogP contribution in [0.5, 0.6) is 0 Å². The van der Waals surface area contributed by atoms with Crippen molar-refractivity contribution in [3.05, 3.63) is 255 Å². The van der Waals surface area contributed by atoms with Gasteiger partial charge < -0.3 is 13.7 Å². The maximum absolute atomic E-state index is 5.21. The lowest BCUT2D eigenvalue weighted by Crippen LogP contribution is -1.95. The Balaban J connectivity index is 0.892. The van der Waals surface area contributed by atoms with E-state index in [1.165, 1.54) is 82.1 Å². The molecule has 0 aliphatic carbocycles. The zero-order valence-electron chi connectivity index (χ0n) is 37.5. The van der Waals surface area contributed by atoms with Crippen molar-refractivity contribution in [2.24, 2.45) is 0 Å². The van der Waals surface area contributed by atoms with Crippen LogP contribution in [0.25, 0.3) is 127 Å². The molecule has 322 valence electrons. The minimum Gasteiger partial charge on any atom is -0.309 e. The van der Waals surface area contributed by atoms with Crippen LogP contribution in [0.1, 0.15) is 0 Å². The monoisotopic (exact) mass is 878 g/mol. The van der Waals surface area contributed by atoms with Crippen LogP contribution in [-0.4, -0.2) is 18.7 Å². The molecule has 69 heavy (non-hydrogen) atoms. The average molecular weight is 879 g/mol. The number of nitrogens with zero attached hydrogens (tertiary/aromatic N) is 4. The molecule has 4 nitrogen and oxygen atoms in total. The van der Waals surface area contributed by atoms with Gasteiger partial charge in [-0.05, 0) is 119 Å². The summed E-state index contributed by atoms with van der Waals surface area (Å²) in [6.45, 7) is 0. The Morgan fingerprint density at radius 3 is 1.10 bits per heavy atom. The summed E-state index contributed by atoms with van der Waals surface area (Å²) in [5.41, 5.74) is 19.3. The second-order valence-electron chi connectivity index (χ2n) is 18.0. The Labute approximate surface area is 398 Å². The lowest BCUT2D eigenvalue weighted by atomic mass is 10.00. The van der Waals surface area contributed by atoms with Crippen molar-refractivity contribution in [2.45, 2.75) is 0 Å². The summed E-state index contributed by atoms with van der Waals surface area (Å²) in [5.74, 6) is 0. The van der Waals surface area contributed by atoms with Gasteiger partial charge in [0, 0.05) is 60.5 Å². The van der Waals surface area contributed by atoms with E-state index in [1.54, 1.807) is 0 Å². The fraction of sp³-hybridized carbons (Fsp3) is 0. The summed E-state index contributed by atoms with van der Waals surface area (Å²) in [7, 11) is 0. The SMILES string of the molecule is c1ccc(-c2cc(-c3ccccc3)nc(-c3ccc(-n4c5ccccc5c5cc(-c6ccc7c(c6)c6cc(-n8c9ccccc9c9ccccc98)ccc6n7-c6ccccc6)ccc54)cc3)c2)cc1. The van der Waals surface area contributed by atoms with Gasteiger partial charge in [-0.2, -0.15) is 0 Å². The third-order valence-electron chi connectivity index (χ3n) is 14.0. The van der Waals surface area contributed by atoms with Crippen LogP contribution in [0.3, 0.4) is 0 Å². The summed E-state index contributed by atoms with van der Waals surface area (Å²) in [4.78, 5) is 5.21. The van der Waals surface area contributed by atoms with Gasteiger partial charge in [0.1, 0.15) is 0 Å². The number of hydrogen-bond acceptors (Lipinski definition) is 1. The molecule has 0 radical (unpaired) electrons. The minimum absolute atomic E-state index is 0.945. The van der Waals surface area contributed by atoms with E-state index in [0.717, 1.165) is 45.1 Å². The second-order valence-corrected chi connectivity index (χ2v) is 18.0. The van der Waals surface area contributed by atoms with Crippen LogP contribution in [-0.2, 0) is 0 Å². The van der Waals surface area contributed by atoms with Crippen molar-refractivity contribution in [3.8, 4) is 61.8 Å². The van der Waals surface area contributed by atoms with Gasteiger partial charge in [0.05, 0.1) is 44.5 Å². The van der Waals surface area contributed by atoms with Gasteiger partial charge >= 0.3 is 0 Å². The van der Waals surface area contributed by atoms with Gasteiger partial charge in [0.2, 0.25) is 0 Å². The van der Waals surface area contributed by atoms with Crippen LogP contribution < -0.4 is 0 Å². The fourth-order valence-electron chi connectivity index (χ4n) is 10.8. The van der Waals surface area contributed by atoms with Gasteiger partial charge in [-0.25, -0.2) is 4.98 Å². The maximum atomic E-state index is 5.21. The molecule has 0 bridgehead atoms. The molecule has 0 aliphatic rings. The molecule has 0 amide bonds. The summed E-state index contributed by atoms with van der Waals surface area (Å²) in [6, 6.07) is 92.2. The molecule has 0 unspecified atom stereocenters. The zero-order chi connectivity index (χ0) is 45.4. The molecule has 0 saturated heterocycles. The normalized spacial score (nSPS) is 11.8. The molecule has 14 aromatic rings. The van der Waals surface area contributed by atoms with Crippen molar-refractivity contribution >= 4 is 65.4 Å². The molecule has 14 rings (SSSR count). The summed E-state index contributed by atoms with van der Waals surface area (Å²) >= 11 is 0. The van der Waals surface area contributed by atoms with Crippen LogP contribution in [0.4, 0.5) is 0 Å². The molecule has 0 N–H and O–H groups in total. The standard InChI is InChI=1S/C65H42N4/c1-4-16-43(17-5-1)48-40-58(44-18-6-2-7-19-44)66-59(41-48)45-28-32-50(33-29-45)68-62-27-15-12-24-54(62)55-38-46(30-35-63(55)68)47-31-36-64-56(39-47)57-42-51(34-37-65(57)67(64)49-20-8-3-9-21-49)69-60-25-13-10-22-52(60)53-23-11-14-26-61(53)69/h1-42H. The first-order valence-corrected chi connectivity index (χ1v) is 23.6. The minimum atomic E-state index is 0.945. The number of rotatable bonds is 7. The summed E-state index contributed by atoms with van der Waals surface area (Å²) < 4.78 is 7.22. The van der Waals surface area contributed by atoms with Gasteiger partial charge in [-0.3, -0.25) is 0 Å². The first-order valence-electron chi connectivity index (χ1n) is 23.6. The van der Waals surface area contributed by atoms with Crippen molar-refractivity contribution in [1.29, 1.82) is 0 Å². The summed E-state index contributed by atoms with van der Waals surface area (Å²) in [6.07, 6.45) is 0. The topological polar surface area (TPSA) is 27.7 Å². The van der Waals surface area contributed by atoms with Crippen molar-refractivity contribution in [1.82, 2.24) is 18.7 Å². The van der Waals surface area contributed by atoms with Gasteiger partial charge in [-0.15, -0.1) is 0 Å². The van der Waals surface area contributed by atoms with Crippen LogP contribution in [0.2, 0.25) is 0 Å². The molecule has 0 aliphatic heterocycles. The van der Waals surface area contributed by atoms with Gasteiger partial charge in [-0.1, -0.05) is 158 Å². The predicted octanol–water partition coefficient (Wildman–Crippen LogP) is 17.0. The van der Waals surface area contributed by atoms with E-state index in [0.29, 0.717) is 0 Å². The van der Waals surface area contributed by atoms with Crippen molar-refractivity contribution < 1.29 is 0 Å². The number of pyridine rings is 1. The molecular formula is C65H42N4. The van der Waals surface area contributed by atoms with Crippen LogP contribution in [0.15, 0.2) is 255 Å². The highest BCUT2D eigenvalue weighted by atomic mass is 15.0. The van der Waals surface area contributed by atoms with Crippen LogP contribution in [0, 0.1) is 0 Å². The number of hydrogen-bond donors (Lipinski definition) is 0. The van der Waals surface area contributed by atoms with Crippen molar-refractivity contribution in [2.75, 3.05) is 0 Å². The van der Waals surface area contributed by atoms with Gasteiger partial charge in [0.25, 0.3) is 0 Å². The molecule has 0 saturated carbocycles. The molecule has 10 aromatic carbocycles. The quantitative estimate of drug-likeness (QED) is 0.157. The average Bonchev–Trinajstić information content (AvgIpc) is 4.06. The Morgan fingerprint density at radius 2 is 0.551 bits per heavy atom. The largest absolute Gasteiger partial charge is 0.309 e. The summed E-state index contributed by atoms with van der Waals surface area (Å²) in [5, 5.41) is 7.40. The molecule has 4 heteroatoms. The fourth-order valence-corrected chi connectivity index (χ4v) is 10.8. The Hall–Kier alpha value is -9.25. The third kappa shape index (κ3) is 6.34. The Bertz CT molecular complexity index is 4160. The molecule has 4 heterocycles. The zero-order valence-corrected chi connectivity index (χ0v) is 37.5. The molecule has 0 spiro atoms. The molecule has 4 aromatic heterocycles. The highest BCUT2D eigenvalue weighted by Crippen LogP contribution is 2.41. The Kier molecular flexibility index (Phi) is 8.86. The number of aromatic nitrogens is 4. The van der Waals surface area contributed by atoms with Crippen LogP contribution >= 0.6 is 0 Å². The van der Waals surface area contributed by atoms with E-state index in [9.17, 15) is 0 Å². The van der Waals surface area contributed by atoms with E-state index >= 15 is 0 Å². The molecule has 0 atom stereocenters. The maximum Gasteiger partial charge on any atom is 0.0715 e. The smallest absolute Gasteiger partial charge is 0.0715 e. The molecular weight excluding hydrogens is 837 g/mol. The van der Waals surface area contributed by atoms with E-state index in [-0.39, 0.29) is 0 Å². The number of fused-ring (bicyclic) bond motifs is 9. The van der Waals surface area contributed by atoms with E-state index in [2.05, 4.69) is 262 Å². The van der Waals surface area contributed by atoms with E-state index in [1.807, 2.05) is 6.07 Å². The van der Waals surface area contributed by atoms with Crippen molar-refractivity contribution in [3.63, 3.8) is 0 Å². The highest BCUT2D eigenvalue weighted by molar-refractivity contribution is 6.14.